The van der Waals surface area contributed by atoms with Gasteiger partial charge in [-0.3, -0.25) is 4.79 Å². The van der Waals surface area contributed by atoms with Crippen molar-refractivity contribution in [1.29, 1.82) is 0 Å². The monoisotopic (exact) mass is 395 g/mol. The van der Waals surface area contributed by atoms with Crippen LogP contribution in [0, 0.1) is 37.4 Å². The van der Waals surface area contributed by atoms with E-state index in [4.69, 9.17) is 12.2 Å². The summed E-state index contributed by atoms with van der Waals surface area (Å²) in [5, 5.41) is 2.77. The van der Waals surface area contributed by atoms with Gasteiger partial charge in [-0.25, -0.2) is 4.39 Å². The van der Waals surface area contributed by atoms with Crippen LogP contribution in [-0.4, -0.2) is 12.5 Å². The first kappa shape index (κ1) is 22.3. The first-order valence-corrected chi connectivity index (χ1v) is 9.64. The molecule has 0 atom stereocenters. The molecule has 2 aromatic rings. The highest BCUT2D eigenvalue weighted by Crippen LogP contribution is 2.35. The number of halogens is 1. The maximum atomic E-state index is 15.2. The van der Waals surface area contributed by atoms with Crippen molar-refractivity contribution in [2.75, 3.05) is 22.5 Å². The fraction of sp³-hybridized carbons (Fsp3) is 0.375. The maximum Gasteiger partial charge on any atom is 0.224 e. The highest BCUT2D eigenvalue weighted by atomic mass is 19.1. The Hall–Kier alpha value is -3.00. The van der Waals surface area contributed by atoms with E-state index in [0.717, 1.165) is 11.1 Å². The summed E-state index contributed by atoms with van der Waals surface area (Å²) in [5.74, 6) is 1.81. The zero-order valence-corrected chi connectivity index (χ0v) is 17.9. The molecule has 154 valence electrons. The van der Waals surface area contributed by atoms with Crippen LogP contribution in [0.25, 0.3) is 0 Å². The van der Waals surface area contributed by atoms with Gasteiger partial charge in [0.2, 0.25) is 5.91 Å². The Morgan fingerprint density at radius 1 is 1.24 bits per heavy atom. The Balaban J connectivity index is 2.35. The van der Waals surface area contributed by atoms with Gasteiger partial charge in [0.15, 0.2) is 5.82 Å². The van der Waals surface area contributed by atoms with E-state index in [0.29, 0.717) is 29.9 Å². The van der Waals surface area contributed by atoms with Gasteiger partial charge in [0.1, 0.15) is 0 Å². The fourth-order valence-electron chi connectivity index (χ4n) is 3.11. The van der Waals surface area contributed by atoms with Gasteiger partial charge in [-0.2, -0.15) is 0 Å². The first-order valence-electron chi connectivity index (χ1n) is 9.64. The molecule has 0 aromatic heterocycles. The van der Waals surface area contributed by atoms with Crippen LogP contribution in [0.4, 0.5) is 21.5 Å². The molecule has 0 fully saturated rings. The van der Waals surface area contributed by atoms with Gasteiger partial charge in [0.25, 0.3) is 0 Å². The Kier molecular flexibility index (Phi) is 6.92. The lowest BCUT2D eigenvalue weighted by atomic mass is 9.92. The number of benzene rings is 2. The standard InChI is InChI=1S/C24H30FN3O/c1-7-12-28(15-18-10-8-16(2)9-11-18)19-13-17(3)23(22(26)21(19)25)27-20(29)14-24(4,5)6/h1,8-11,13H,12,14-15,26H2,2-6H3,(H,27,29). The summed E-state index contributed by atoms with van der Waals surface area (Å²) in [5.41, 5.74) is 9.32. The Labute approximate surface area is 173 Å². The van der Waals surface area contributed by atoms with Gasteiger partial charge in [0.05, 0.1) is 23.6 Å². The molecule has 0 unspecified atom stereocenters. The van der Waals surface area contributed by atoms with Crippen LogP contribution in [-0.2, 0) is 11.3 Å². The molecule has 0 saturated carbocycles. The van der Waals surface area contributed by atoms with Crippen LogP contribution in [0.5, 0.6) is 0 Å². The molecule has 0 aliphatic heterocycles. The summed E-state index contributed by atoms with van der Waals surface area (Å²) >= 11 is 0. The second-order valence-corrected chi connectivity index (χ2v) is 8.65. The topological polar surface area (TPSA) is 58.4 Å². The van der Waals surface area contributed by atoms with Crippen LogP contribution in [0.15, 0.2) is 30.3 Å². The number of nitrogen functional groups attached to an aromatic ring is 1. The number of carbonyl (C=O) groups is 1. The van der Waals surface area contributed by atoms with Gasteiger partial charge in [-0.15, -0.1) is 6.42 Å². The van der Waals surface area contributed by atoms with E-state index in [-0.39, 0.29) is 23.6 Å². The van der Waals surface area contributed by atoms with Gasteiger partial charge in [0, 0.05) is 13.0 Å². The number of anilines is 3. The largest absolute Gasteiger partial charge is 0.395 e. The van der Waals surface area contributed by atoms with Gasteiger partial charge < -0.3 is 16.0 Å². The summed E-state index contributed by atoms with van der Waals surface area (Å²) < 4.78 is 15.2. The summed E-state index contributed by atoms with van der Waals surface area (Å²) in [6.07, 6.45) is 5.83. The lowest BCUT2D eigenvalue weighted by molar-refractivity contribution is -0.117. The van der Waals surface area contributed by atoms with Crippen molar-refractivity contribution in [3.63, 3.8) is 0 Å². The number of hydrogen-bond donors (Lipinski definition) is 2. The van der Waals surface area contributed by atoms with Crippen molar-refractivity contribution in [1.82, 2.24) is 0 Å². The van der Waals surface area contributed by atoms with Gasteiger partial charge in [-0.1, -0.05) is 56.5 Å². The molecule has 0 saturated heterocycles. The molecule has 0 aliphatic rings. The third-order valence-corrected chi connectivity index (χ3v) is 4.55. The Morgan fingerprint density at radius 2 is 1.86 bits per heavy atom. The quantitative estimate of drug-likeness (QED) is 0.532. The highest BCUT2D eigenvalue weighted by Gasteiger charge is 2.22. The lowest BCUT2D eigenvalue weighted by Crippen LogP contribution is -2.25. The van der Waals surface area contributed by atoms with Crippen LogP contribution >= 0.6 is 0 Å². The average molecular weight is 396 g/mol. The SMILES string of the molecule is C#CCN(Cc1ccc(C)cc1)c1cc(C)c(NC(=O)CC(C)(C)C)c(N)c1F. The lowest BCUT2D eigenvalue weighted by Gasteiger charge is -2.26. The molecule has 5 heteroatoms. The second-order valence-electron chi connectivity index (χ2n) is 8.65. The second kappa shape index (κ2) is 9.00. The molecular weight excluding hydrogens is 365 g/mol. The van der Waals surface area contributed by atoms with E-state index in [1.165, 1.54) is 0 Å². The average Bonchev–Trinajstić information content (AvgIpc) is 2.62. The van der Waals surface area contributed by atoms with Gasteiger partial charge >= 0.3 is 0 Å². The van der Waals surface area contributed by atoms with E-state index in [1.807, 2.05) is 52.0 Å². The molecule has 29 heavy (non-hydrogen) atoms. The normalized spacial score (nSPS) is 11.1. The molecule has 2 aromatic carbocycles. The number of nitrogens with zero attached hydrogens (tertiary/aromatic N) is 1. The van der Waals surface area contributed by atoms with E-state index in [2.05, 4.69) is 11.2 Å². The summed E-state index contributed by atoms with van der Waals surface area (Å²) in [6, 6.07) is 9.69. The Morgan fingerprint density at radius 3 is 2.41 bits per heavy atom. The first-order chi connectivity index (χ1) is 13.5. The molecule has 0 aliphatic carbocycles. The van der Waals surface area contributed by atoms with E-state index in [9.17, 15) is 4.79 Å². The van der Waals surface area contributed by atoms with Crippen molar-refractivity contribution in [3.8, 4) is 12.3 Å². The number of rotatable bonds is 6. The van der Waals surface area contributed by atoms with Crippen LogP contribution in [0.3, 0.4) is 0 Å². The Bertz CT molecular complexity index is 921. The van der Waals surface area contributed by atoms with Crippen molar-refractivity contribution in [2.24, 2.45) is 5.41 Å². The molecule has 0 spiro atoms. The summed E-state index contributed by atoms with van der Waals surface area (Å²) in [7, 11) is 0. The summed E-state index contributed by atoms with van der Waals surface area (Å²) in [6.45, 7) is 10.4. The minimum atomic E-state index is -0.580. The number of terminal acetylenes is 1. The zero-order chi connectivity index (χ0) is 21.8. The van der Waals surface area contributed by atoms with Crippen LogP contribution < -0.4 is 16.0 Å². The number of hydrogen-bond acceptors (Lipinski definition) is 3. The molecule has 0 heterocycles. The fourth-order valence-corrected chi connectivity index (χ4v) is 3.11. The molecule has 4 nitrogen and oxygen atoms in total. The van der Waals surface area contributed by atoms with Crippen molar-refractivity contribution >= 4 is 23.0 Å². The smallest absolute Gasteiger partial charge is 0.224 e. The number of carbonyl (C=O) groups excluding carboxylic acids is 1. The predicted octanol–water partition coefficient (Wildman–Crippen LogP) is 5.04. The third kappa shape index (κ3) is 5.99. The maximum absolute atomic E-state index is 15.2. The van der Waals surface area contributed by atoms with Gasteiger partial charge in [-0.05, 0) is 36.5 Å². The van der Waals surface area contributed by atoms with Crippen molar-refractivity contribution < 1.29 is 9.18 Å². The number of nitrogens with one attached hydrogen (secondary N) is 1. The number of amides is 1. The molecule has 0 radical (unpaired) electrons. The van der Waals surface area contributed by atoms with E-state index >= 15 is 4.39 Å². The van der Waals surface area contributed by atoms with E-state index in [1.54, 1.807) is 17.9 Å². The molecular formula is C24H30FN3O. The zero-order valence-electron chi connectivity index (χ0n) is 17.9. The minimum absolute atomic E-state index is 0.0758. The number of aryl methyl sites for hydroxylation is 2. The van der Waals surface area contributed by atoms with Crippen LogP contribution in [0.1, 0.15) is 43.9 Å². The number of nitrogens with two attached hydrogens (primary N) is 1. The van der Waals surface area contributed by atoms with E-state index < -0.39 is 5.82 Å². The third-order valence-electron chi connectivity index (χ3n) is 4.55. The highest BCUT2D eigenvalue weighted by molar-refractivity contribution is 5.96. The molecule has 0 bridgehead atoms. The van der Waals surface area contributed by atoms with Crippen LogP contribution in [0.2, 0.25) is 0 Å². The minimum Gasteiger partial charge on any atom is -0.395 e. The van der Waals surface area contributed by atoms with Crippen molar-refractivity contribution in [3.05, 3.63) is 52.8 Å². The van der Waals surface area contributed by atoms with Crippen molar-refractivity contribution in [2.45, 2.75) is 47.6 Å². The predicted molar refractivity (Wildman–Crippen MR) is 119 cm³/mol. The molecule has 3 N–H and O–H groups in total. The molecule has 2 rings (SSSR count). The molecule has 1 amide bonds. The summed E-state index contributed by atoms with van der Waals surface area (Å²) in [4.78, 5) is 14.1.